The Morgan fingerprint density at radius 3 is 2.76 bits per heavy atom. The first-order valence-corrected chi connectivity index (χ1v) is 8.76. The molecule has 0 aliphatic rings. The molecule has 2 rings (SSSR count). The predicted octanol–water partition coefficient (Wildman–Crippen LogP) is 1.42. The summed E-state index contributed by atoms with van der Waals surface area (Å²) in [7, 11) is -3.56. The van der Waals surface area contributed by atoms with E-state index in [2.05, 4.69) is 24.7 Å². The maximum Gasteiger partial charge on any atom is 0.250 e. The number of nitrogens with one attached hydrogen (secondary N) is 2. The van der Waals surface area contributed by atoms with E-state index in [-0.39, 0.29) is 6.54 Å². The van der Waals surface area contributed by atoms with Crippen LogP contribution in [-0.4, -0.2) is 24.6 Å². The maximum atomic E-state index is 12.2. The highest BCUT2D eigenvalue weighted by atomic mass is 32.2. The second kappa shape index (κ2) is 6.65. The van der Waals surface area contributed by atoms with Gasteiger partial charge in [-0.3, -0.25) is 0 Å². The monoisotopic (exact) mass is 330 g/mol. The van der Waals surface area contributed by atoms with Crippen LogP contribution < -0.4 is 10.0 Å². The van der Waals surface area contributed by atoms with Crippen LogP contribution in [0.3, 0.4) is 0 Å². The first-order valence-electron chi connectivity index (χ1n) is 6.46. The van der Waals surface area contributed by atoms with Gasteiger partial charge in [-0.1, -0.05) is 19.0 Å². The van der Waals surface area contributed by atoms with E-state index in [1.54, 1.807) is 6.07 Å². The van der Waals surface area contributed by atoms with E-state index in [4.69, 9.17) is 0 Å². The second-order valence-corrected chi connectivity index (χ2v) is 8.01. The van der Waals surface area contributed by atoms with Crippen molar-refractivity contribution in [1.29, 1.82) is 0 Å². The molecule has 21 heavy (non-hydrogen) atoms. The van der Waals surface area contributed by atoms with Gasteiger partial charge in [-0.2, -0.15) is 4.98 Å². The molecule has 0 spiro atoms. The van der Waals surface area contributed by atoms with Gasteiger partial charge in [0.05, 0.1) is 6.54 Å². The van der Waals surface area contributed by atoms with E-state index in [0.717, 1.165) is 16.8 Å². The van der Waals surface area contributed by atoms with E-state index in [1.165, 1.54) is 11.3 Å². The smallest absolute Gasteiger partial charge is 0.250 e. The van der Waals surface area contributed by atoms with Gasteiger partial charge < -0.3 is 9.84 Å². The lowest BCUT2D eigenvalue weighted by molar-refractivity contribution is 0.409. The predicted molar refractivity (Wildman–Crippen MR) is 79.4 cm³/mol. The summed E-state index contributed by atoms with van der Waals surface area (Å²) in [4.78, 5) is 4.79. The summed E-state index contributed by atoms with van der Waals surface area (Å²) in [5, 5.41) is 6.85. The Morgan fingerprint density at radius 2 is 2.14 bits per heavy atom. The van der Waals surface area contributed by atoms with E-state index in [1.807, 2.05) is 20.8 Å². The molecule has 0 saturated carbocycles. The first kappa shape index (κ1) is 16.1. The third kappa shape index (κ3) is 4.34. The highest BCUT2D eigenvalue weighted by Gasteiger charge is 2.19. The summed E-state index contributed by atoms with van der Waals surface area (Å²) in [5.74, 6) is 0.300. The van der Waals surface area contributed by atoms with Gasteiger partial charge in [0.25, 0.3) is 0 Å². The third-order valence-corrected chi connectivity index (χ3v) is 5.87. The molecule has 116 valence electrons. The number of nitrogens with zero attached hydrogens (tertiary/aromatic N) is 2. The number of hydrogen-bond donors (Lipinski definition) is 2. The molecule has 9 heteroatoms. The summed E-state index contributed by atoms with van der Waals surface area (Å²) < 4.78 is 31.8. The zero-order valence-electron chi connectivity index (χ0n) is 12.1. The molecule has 0 aliphatic carbocycles. The summed E-state index contributed by atoms with van der Waals surface area (Å²) in [5.41, 5.74) is 0.966. The zero-order valence-corrected chi connectivity index (χ0v) is 13.7. The molecule has 0 amide bonds. The lowest BCUT2D eigenvalue weighted by atomic mass is 10.3. The Morgan fingerprint density at radius 1 is 1.38 bits per heavy atom. The number of rotatable bonds is 7. The quantitative estimate of drug-likeness (QED) is 0.797. The molecule has 7 nitrogen and oxygen atoms in total. The standard InChI is InChI=1S/C12H18N4O3S2/c1-8(2)13-5-10-9(3)4-12(20-10)21(17,18)15-6-11-14-7-19-16-11/h4,7-8,13,15H,5-6H2,1-3H3. The van der Waals surface area contributed by atoms with Crippen molar-refractivity contribution >= 4 is 21.4 Å². The van der Waals surface area contributed by atoms with Crippen molar-refractivity contribution in [1.82, 2.24) is 20.2 Å². The molecule has 0 aromatic carbocycles. The Kier molecular flexibility index (Phi) is 5.09. The number of hydrogen-bond acceptors (Lipinski definition) is 7. The van der Waals surface area contributed by atoms with Gasteiger partial charge in [0, 0.05) is 17.5 Å². The van der Waals surface area contributed by atoms with Crippen LogP contribution >= 0.6 is 11.3 Å². The molecular formula is C12H18N4O3S2. The SMILES string of the molecule is Cc1cc(S(=O)(=O)NCc2ncon2)sc1CNC(C)C. The van der Waals surface area contributed by atoms with E-state index >= 15 is 0 Å². The topological polar surface area (TPSA) is 97.1 Å². The maximum absolute atomic E-state index is 12.2. The highest BCUT2D eigenvalue weighted by molar-refractivity contribution is 7.91. The minimum atomic E-state index is -3.56. The van der Waals surface area contributed by atoms with Crippen LogP contribution in [0.2, 0.25) is 0 Å². The minimum Gasteiger partial charge on any atom is -0.343 e. The van der Waals surface area contributed by atoms with Crippen molar-refractivity contribution in [2.75, 3.05) is 0 Å². The average Bonchev–Trinajstić information content (AvgIpc) is 3.04. The van der Waals surface area contributed by atoms with Gasteiger partial charge in [-0.15, -0.1) is 11.3 Å². The van der Waals surface area contributed by atoms with Crippen LogP contribution in [0.4, 0.5) is 0 Å². The largest absolute Gasteiger partial charge is 0.343 e. The molecule has 2 N–H and O–H groups in total. The van der Waals surface area contributed by atoms with Crippen molar-refractivity contribution in [3.63, 3.8) is 0 Å². The Balaban J connectivity index is 2.07. The number of sulfonamides is 1. The van der Waals surface area contributed by atoms with Gasteiger partial charge in [0.15, 0.2) is 5.82 Å². The second-order valence-electron chi connectivity index (χ2n) is 4.88. The molecule has 2 heterocycles. The lowest BCUT2D eigenvalue weighted by Gasteiger charge is -2.06. The van der Waals surface area contributed by atoms with Crippen molar-refractivity contribution in [3.05, 3.63) is 28.7 Å². The summed E-state index contributed by atoms with van der Waals surface area (Å²) in [6.07, 6.45) is 1.16. The molecule has 0 unspecified atom stereocenters. The fraction of sp³-hybridized carbons (Fsp3) is 0.500. The number of aromatic nitrogens is 2. The molecule has 0 aliphatic heterocycles. The van der Waals surface area contributed by atoms with Gasteiger partial charge in [-0.25, -0.2) is 13.1 Å². The van der Waals surface area contributed by atoms with Crippen LogP contribution in [0.25, 0.3) is 0 Å². The lowest BCUT2D eigenvalue weighted by Crippen LogP contribution is -2.23. The van der Waals surface area contributed by atoms with E-state index < -0.39 is 10.0 Å². The molecule has 0 atom stereocenters. The fourth-order valence-electron chi connectivity index (χ4n) is 1.59. The highest BCUT2D eigenvalue weighted by Crippen LogP contribution is 2.26. The van der Waals surface area contributed by atoms with Gasteiger partial charge in [0.2, 0.25) is 16.4 Å². The fourth-order valence-corrected chi connectivity index (χ4v) is 4.16. The molecule has 0 fully saturated rings. The van der Waals surface area contributed by atoms with Crippen molar-refractivity contribution in [2.45, 2.75) is 44.1 Å². The zero-order chi connectivity index (χ0) is 15.5. The van der Waals surface area contributed by atoms with Crippen molar-refractivity contribution < 1.29 is 12.9 Å². The third-order valence-electron chi connectivity index (χ3n) is 2.76. The first-order chi connectivity index (χ1) is 9.88. The van der Waals surface area contributed by atoms with Crippen LogP contribution in [0.5, 0.6) is 0 Å². The van der Waals surface area contributed by atoms with E-state index in [0.29, 0.717) is 22.6 Å². The van der Waals surface area contributed by atoms with Crippen LogP contribution in [0.1, 0.15) is 30.1 Å². The van der Waals surface area contributed by atoms with Crippen LogP contribution in [0.15, 0.2) is 21.2 Å². The average molecular weight is 330 g/mol. The summed E-state index contributed by atoms with van der Waals surface area (Å²) in [6.45, 7) is 6.68. The van der Waals surface area contributed by atoms with Gasteiger partial charge >= 0.3 is 0 Å². The number of thiophene rings is 1. The van der Waals surface area contributed by atoms with Gasteiger partial charge in [-0.05, 0) is 18.6 Å². The van der Waals surface area contributed by atoms with E-state index in [9.17, 15) is 8.42 Å². The normalized spacial score (nSPS) is 12.2. The molecule has 0 bridgehead atoms. The molecule has 2 aromatic heterocycles. The molecular weight excluding hydrogens is 312 g/mol. The molecule has 0 radical (unpaired) electrons. The molecule has 2 aromatic rings. The van der Waals surface area contributed by atoms with Crippen molar-refractivity contribution in [3.8, 4) is 0 Å². The Bertz CT molecular complexity index is 677. The number of aryl methyl sites for hydroxylation is 1. The van der Waals surface area contributed by atoms with Crippen molar-refractivity contribution in [2.24, 2.45) is 0 Å². The van der Waals surface area contributed by atoms with Crippen LogP contribution in [-0.2, 0) is 23.1 Å². The van der Waals surface area contributed by atoms with Gasteiger partial charge in [0.1, 0.15) is 4.21 Å². The Labute approximate surface area is 127 Å². The summed E-state index contributed by atoms with van der Waals surface area (Å²) in [6, 6.07) is 2.03. The summed E-state index contributed by atoms with van der Waals surface area (Å²) >= 11 is 1.27. The molecule has 0 saturated heterocycles. The minimum absolute atomic E-state index is 0.00928. The Hall–Kier alpha value is -1.29. The van der Waals surface area contributed by atoms with Crippen LogP contribution in [0, 0.1) is 6.92 Å².